The molecule has 21 heavy (non-hydrogen) atoms. The van der Waals surface area contributed by atoms with Crippen molar-refractivity contribution >= 4 is 16.8 Å². The first kappa shape index (κ1) is 13.3. The number of hydrogen-bond donors (Lipinski definition) is 0. The van der Waals surface area contributed by atoms with Crippen molar-refractivity contribution in [1.82, 2.24) is 9.13 Å². The van der Waals surface area contributed by atoms with Gasteiger partial charge in [0.2, 0.25) is 12.3 Å². The standard InChI is InChI=1S/C16H16N3O2/c1-17-13-7-6-12(10-14(13)18(2)16(17)21)15(20)11-19-8-4-3-5-9-19/h3-10H,11H2,1-2H3/q+1. The van der Waals surface area contributed by atoms with E-state index in [2.05, 4.69) is 0 Å². The maximum atomic E-state index is 12.3. The molecule has 5 nitrogen and oxygen atoms in total. The van der Waals surface area contributed by atoms with Gasteiger partial charge >= 0.3 is 5.69 Å². The first-order valence-corrected chi connectivity index (χ1v) is 6.70. The second kappa shape index (κ2) is 5.01. The van der Waals surface area contributed by atoms with Gasteiger partial charge in [-0.2, -0.15) is 4.57 Å². The van der Waals surface area contributed by atoms with Crippen molar-refractivity contribution in [3.63, 3.8) is 0 Å². The Morgan fingerprint density at radius 3 is 2.43 bits per heavy atom. The lowest BCUT2D eigenvalue weighted by atomic mass is 10.1. The van der Waals surface area contributed by atoms with Crippen LogP contribution in [0.15, 0.2) is 53.6 Å². The van der Waals surface area contributed by atoms with Crippen molar-refractivity contribution in [3.05, 3.63) is 64.8 Å². The molecule has 0 saturated heterocycles. The van der Waals surface area contributed by atoms with E-state index in [9.17, 15) is 9.59 Å². The molecule has 0 spiro atoms. The van der Waals surface area contributed by atoms with E-state index >= 15 is 0 Å². The average Bonchev–Trinajstić information content (AvgIpc) is 2.73. The quantitative estimate of drug-likeness (QED) is 0.532. The maximum Gasteiger partial charge on any atom is 0.328 e. The molecule has 0 aliphatic carbocycles. The van der Waals surface area contributed by atoms with Gasteiger partial charge in [0.25, 0.3) is 0 Å². The zero-order valence-electron chi connectivity index (χ0n) is 12.0. The van der Waals surface area contributed by atoms with E-state index in [-0.39, 0.29) is 18.0 Å². The van der Waals surface area contributed by atoms with E-state index in [1.165, 1.54) is 0 Å². The fourth-order valence-electron chi connectivity index (χ4n) is 2.48. The molecular formula is C16H16N3O2+. The predicted molar refractivity (Wildman–Crippen MR) is 79.1 cm³/mol. The highest BCUT2D eigenvalue weighted by Gasteiger charge is 2.14. The van der Waals surface area contributed by atoms with E-state index in [0.29, 0.717) is 5.56 Å². The summed E-state index contributed by atoms with van der Waals surface area (Å²) in [5.74, 6) is 0.0180. The SMILES string of the molecule is Cn1c(=O)n(C)c2cc(C(=O)C[n+]3ccccc3)ccc21. The summed E-state index contributed by atoms with van der Waals surface area (Å²) in [6.45, 7) is 0.285. The Kier molecular flexibility index (Phi) is 3.17. The van der Waals surface area contributed by atoms with Crippen LogP contribution < -0.4 is 10.3 Å². The van der Waals surface area contributed by atoms with Crippen molar-refractivity contribution in [3.8, 4) is 0 Å². The Morgan fingerprint density at radius 2 is 1.71 bits per heavy atom. The highest BCUT2D eigenvalue weighted by molar-refractivity contribution is 5.98. The smallest absolute Gasteiger partial charge is 0.295 e. The molecule has 3 aromatic rings. The van der Waals surface area contributed by atoms with Gasteiger partial charge in [-0.15, -0.1) is 0 Å². The third-order valence-electron chi connectivity index (χ3n) is 3.70. The number of Topliss-reactive ketones (excluding diaryl/α,β-unsaturated/α-hetero) is 1. The fraction of sp³-hybridized carbons (Fsp3) is 0.188. The minimum Gasteiger partial charge on any atom is -0.295 e. The first-order chi connectivity index (χ1) is 10.1. The molecule has 0 N–H and O–H groups in total. The molecular weight excluding hydrogens is 266 g/mol. The molecule has 0 fully saturated rings. The van der Waals surface area contributed by atoms with Crippen LogP contribution in [0.4, 0.5) is 0 Å². The van der Waals surface area contributed by atoms with Gasteiger partial charge in [-0.3, -0.25) is 13.9 Å². The van der Waals surface area contributed by atoms with Gasteiger partial charge < -0.3 is 0 Å². The van der Waals surface area contributed by atoms with Crippen LogP contribution in [0.25, 0.3) is 11.0 Å². The van der Waals surface area contributed by atoms with Crippen LogP contribution >= 0.6 is 0 Å². The number of hydrogen-bond acceptors (Lipinski definition) is 2. The lowest BCUT2D eigenvalue weighted by molar-refractivity contribution is -0.683. The van der Waals surface area contributed by atoms with Crippen LogP contribution in [0.3, 0.4) is 0 Å². The third-order valence-corrected chi connectivity index (χ3v) is 3.70. The molecule has 5 heteroatoms. The van der Waals surface area contributed by atoms with Crippen molar-refractivity contribution in [2.45, 2.75) is 6.54 Å². The molecule has 2 heterocycles. The Hall–Kier alpha value is -2.69. The molecule has 0 bridgehead atoms. The van der Waals surface area contributed by atoms with E-state index < -0.39 is 0 Å². The monoisotopic (exact) mass is 282 g/mol. The van der Waals surface area contributed by atoms with Gasteiger partial charge in [0, 0.05) is 31.8 Å². The van der Waals surface area contributed by atoms with Crippen LogP contribution in [0.1, 0.15) is 10.4 Å². The molecule has 3 rings (SSSR count). The molecule has 0 aliphatic heterocycles. The van der Waals surface area contributed by atoms with Crippen molar-refractivity contribution in [2.75, 3.05) is 0 Å². The van der Waals surface area contributed by atoms with Crippen molar-refractivity contribution in [2.24, 2.45) is 14.1 Å². The number of rotatable bonds is 3. The first-order valence-electron chi connectivity index (χ1n) is 6.70. The average molecular weight is 282 g/mol. The van der Waals surface area contributed by atoms with Crippen LogP contribution in [0.2, 0.25) is 0 Å². The minimum atomic E-state index is -0.0907. The fourth-order valence-corrected chi connectivity index (χ4v) is 2.48. The number of carbonyl (C=O) groups excluding carboxylic acids is 1. The minimum absolute atomic E-state index is 0.0180. The normalized spacial score (nSPS) is 11.0. The maximum absolute atomic E-state index is 12.3. The van der Waals surface area contributed by atoms with Crippen LogP contribution in [0.5, 0.6) is 0 Å². The predicted octanol–water partition coefficient (Wildman–Crippen LogP) is 1.05. The molecule has 2 aromatic heterocycles. The number of imidazole rings is 1. The summed E-state index contributed by atoms with van der Waals surface area (Å²) in [5.41, 5.74) is 2.12. The summed E-state index contributed by atoms with van der Waals surface area (Å²) in [5, 5.41) is 0. The number of nitrogens with zero attached hydrogens (tertiary/aromatic N) is 3. The molecule has 0 unspecified atom stereocenters. The highest BCUT2D eigenvalue weighted by Crippen LogP contribution is 2.14. The summed E-state index contributed by atoms with van der Waals surface area (Å²) >= 11 is 0. The molecule has 0 atom stereocenters. The van der Waals surface area contributed by atoms with E-state index in [4.69, 9.17) is 0 Å². The summed E-state index contributed by atoms with van der Waals surface area (Å²) < 4.78 is 4.97. The number of carbonyl (C=O) groups is 1. The number of ketones is 1. The van der Waals surface area contributed by atoms with E-state index in [1.807, 2.05) is 41.2 Å². The topological polar surface area (TPSA) is 47.9 Å². The number of pyridine rings is 1. The van der Waals surface area contributed by atoms with Crippen LogP contribution in [-0.4, -0.2) is 14.9 Å². The second-order valence-electron chi connectivity index (χ2n) is 5.08. The Morgan fingerprint density at radius 1 is 1.05 bits per heavy atom. The zero-order valence-corrected chi connectivity index (χ0v) is 12.0. The summed E-state index contributed by atoms with van der Waals surface area (Å²) in [6, 6.07) is 11.1. The molecule has 0 amide bonds. The van der Waals surface area contributed by atoms with Crippen LogP contribution in [-0.2, 0) is 20.6 Å². The Balaban J connectivity index is 2.00. The van der Waals surface area contributed by atoms with E-state index in [1.54, 1.807) is 35.4 Å². The lowest BCUT2D eigenvalue weighted by Gasteiger charge is -2.00. The zero-order chi connectivity index (χ0) is 15.0. The van der Waals surface area contributed by atoms with Crippen molar-refractivity contribution < 1.29 is 9.36 Å². The summed E-state index contributed by atoms with van der Waals surface area (Å²) in [4.78, 5) is 24.2. The van der Waals surface area contributed by atoms with Gasteiger partial charge in [-0.05, 0) is 18.2 Å². The third kappa shape index (κ3) is 2.27. The largest absolute Gasteiger partial charge is 0.328 e. The second-order valence-corrected chi connectivity index (χ2v) is 5.08. The van der Waals surface area contributed by atoms with Crippen molar-refractivity contribution in [1.29, 1.82) is 0 Å². The Bertz CT molecular complexity index is 876. The van der Waals surface area contributed by atoms with Gasteiger partial charge in [0.15, 0.2) is 12.4 Å². The number of fused-ring (bicyclic) bond motifs is 1. The molecule has 0 radical (unpaired) electrons. The highest BCUT2D eigenvalue weighted by atomic mass is 16.1. The lowest BCUT2D eigenvalue weighted by Crippen LogP contribution is -2.36. The molecule has 106 valence electrons. The molecule has 0 aliphatic rings. The summed E-state index contributed by atoms with van der Waals surface area (Å²) in [7, 11) is 3.44. The Labute approximate surface area is 121 Å². The number of benzene rings is 1. The summed E-state index contributed by atoms with van der Waals surface area (Å²) in [6.07, 6.45) is 3.71. The van der Waals surface area contributed by atoms with Gasteiger partial charge in [-0.1, -0.05) is 6.07 Å². The van der Waals surface area contributed by atoms with Crippen LogP contribution in [0, 0.1) is 0 Å². The molecule has 1 aromatic carbocycles. The van der Waals surface area contributed by atoms with E-state index in [0.717, 1.165) is 11.0 Å². The molecule has 0 saturated carbocycles. The van der Waals surface area contributed by atoms with Gasteiger partial charge in [-0.25, -0.2) is 4.79 Å². The number of aromatic nitrogens is 3. The van der Waals surface area contributed by atoms with Gasteiger partial charge in [0.05, 0.1) is 11.0 Å². The van der Waals surface area contributed by atoms with Gasteiger partial charge in [0.1, 0.15) is 0 Å². The number of aryl methyl sites for hydroxylation is 2.